The number of anilines is 1. The Morgan fingerprint density at radius 2 is 2.11 bits per heavy atom. The lowest BCUT2D eigenvalue weighted by Crippen LogP contribution is -2.24. The molecule has 2 aromatic rings. The molecule has 7 heteroatoms. The van der Waals surface area contributed by atoms with E-state index in [9.17, 15) is 8.42 Å². The number of nitrogen functional groups attached to an aromatic ring is 1. The number of benzene rings is 1. The Labute approximate surface area is 116 Å². The van der Waals surface area contributed by atoms with Crippen molar-refractivity contribution in [2.24, 2.45) is 0 Å². The van der Waals surface area contributed by atoms with Crippen LogP contribution in [0.3, 0.4) is 0 Å². The molecule has 0 atom stereocenters. The smallest absolute Gasteiger partial charge is 0.241 e. The molecule has 0 radical (unpaired) electrons. The number of hydrogen-bond acceptors (Lipinski definition) is 5. The monoisotopic (exact) mass is 297 g/mol. The molecule has 1 heterocycles. The van der Waals surface area contributed by atoms with Crippen LogP contribution < -0.4 is 10.5 Å². The van der Waals surface area contributed by atoms with Crippen LogP contribution in [0.25, 0.3) is 0 Å². The first-order valence-electron chi connectivity index (χ1n) is 5.65. The summed E-state index contributed by atoms with van der Waals surface area (Å²) in [4.78, 5) is 4.32. The van der Waals surface area contributed by atoms with E-state index < -0.39 is 10.0 Å². The summed E-state index contributed by atoms with van der Waals surface area (Å²) in [6.45, 7) is 3.78. The van der Waals surface area contributed by atoms with E-state index >= 15 is 0 Å². The van der Waals surface area contributed by atoms with Crippen molar-refractivity contribution in [3.8, 4) is 0 Å². The highest BCUT2D eigenvalue weighted by Gasteiger charge is 2.17. The average Bonchev–Trinajstić information content (AvgIpc) is 2.76. The number of rotatable bonds is 4. The zero-order valence-electron chi connectivity index (χ0n) is 10.7. The van der Waals surface area contributed by atoms with Gasteiger partial charge < -0.3 is 5.73 Å². The van der Waals surface area contributed by atoms with Crippen LogP contribution in [0.4, 0.5) is 5.13 Å². The van der Waals surface area contributed by atoms with Gasteiger partial charge in [-0.05, 0) is 31.0 Å². The Morgan fingerprint density at radius 3 is 2.74 bits per heavy atom. The fourth-order valence-corrected chi connectivity index (χ4v) is 3.54. The van der Waals surface area contributed by atoms with Gasteiger partial charge in [0.2, 0.25) is 10.0 Å². The molecule has 0 bridgehead atoms. The van der Waals surface area contributed by atoms with Gasteiger partial charge in [0.1, 0.15) is 0 Å². The number of thiazole rings is 1. The molecule has 2 rings (SSSR count). The summed E-state index contributed by atoms with van der Waals surface area (Å²) >= 11 is 1.29. The molecule has 5 nitrogen and oxygen atoms in total. The first-order chi connectivity index (χ1) is 8.88. The quantitative estimate of drug-likeness (QED) is 0.901. The van der Waals surface area contributed by atoms with Gasteiger partial charge in [0.15, 0.2) is 5.13 Å². The molecule has 0 fully saturated rings. The largest absolute Gasteiger partial charge is 0.375 e. The van der Waals surface area contributed by atoms with Gasteiger partial charge in [-0.1, -0.05) is 12.1 Å². The van der Waals surface area contributed by atoms with Gasteiger partial charge in [0.25, 0.3) is 0 Å². The van der Waals surface area contributed by atoms with E-state index in [0.717, 1.165) is 11.1 Å². The summed E-state index contributed by atoms with van der Waals surface area (Å²) < 4.78 is 27.0. The molecule has 0 aliphatic rings. The molecule has 0 amide bonds. The minimum absolute atomic E-state index is 0.142. The van der Waals surface area contributed by atoms with E-state index in [-0.39, 0.29) is 6.54 Å². The van der Waals surface area contributed by atoms with Gasteiger partial charge in [-0.15, -0.1) is 11.3 Å². The number of nitrogens with zero attached hydrogens (tertiary/aromatic N) is 1. The Bertz CT molecular complexity index is 693. The normalized spacial score (nSPS) is 11.7. The second-order valence-electron chi connectivity index (χ2n) is 4.27. The van der Waals surface area contributed by atoms with Crippen LogP contribution >= 0.6 is 11.3 Å². The predicted molar refractivity (Wildman–Crippen MR) is 76.5 cm³/mol. The van der Waals surface area contributed by atoms with E-state index in [4.69, 9.17) is 5.73 Å². The Hall–Kier alpha value is -1.44. The van der Waals surface area contributed by atoms with Crippen LogP contribution in [0, 0.1) is 13.8 Å². The highest BCUT2D eigenvalue weighted by Crippen LogP contribution is 2.17. The van der Waals surface area contributed by atoms with Gasteiger partial charge in [-0.25, -0.2) is 18.1 Å². The number of nitrogens with one attached hydrogen (secondary N) is 1. The van der Waals surface area contributed by atoms with Crippen molar-refractivity contribution in [1.82, 2.24) is 9.71 Å². The number of hydrogen-bond donors (Lipinski definition) is 2. The molecule has 0 spiro atoms. The molecule has 1 aromatic heterocycles. The first kappa shape index (κ1) is 14.0. The maximum Gasteiger partial charge on any atom is 0.241 e. The summed E-state index contributed by atoms with van der Waals surface area (Å²) in [6, 6.07) is 5.34. The SMILES string of the molecule is Cc1ccc(C)c(S(=O)(=O)NCc2csc(N)n2)c1. The molecule has 102 valence electrons. The molecule has 0 aliphatic heterocycles. The van der Waals surface area contributed by atoms with E-state index in [2.05, 4.69) is 9.71 Å². The van der Waals surface area contributed by atoms with Crippen molar-refractivity contribution in [3.63, 3.8) is 0 Å². The summed E-state index contributed by atoms with van der Waals surface area (Å²) in [5.74, 6) is 0. The Morgan fingerprint density at radius 1 is 1.37 bits per heavy atom. The number of aryl methyl sites for hydroxylation is 2. The van der Waals surface area contributed by atoms with Crippen molar-refractivity contribution in [2.45, 2.75) is 25.3 Å². The third kappa shape index (κ3) is 3.31. The first-order valence-corrected chi connectivity index (χ1v) is 8.01. The minimum atomic E-state index is -3.53. The Kier molecular flexibility index (Phi) is 3.88. The average molecular weight is 297 g/mol. The van der Waals surface area contributed by atoms with Crippen LogP contribution in [-0.2, 0) is 16.6 Å². The second-order valence-corrected chi connectivity index (χ2v) is 6.90. The van der Waals surface area contributed by atoms with E-state index in [1.54, 1.807) is 24.4 Å². The topological polar surface area (TPSA) is 85.1 Å². The predicted octanol–water partition coefficient (Wildman–Crippen LogP) is 1.82. The van der Waals surface area contributed by atoms with Crippen molar-refractivity contribution >= 4 is 26.5 Å². The third-order valence-corrected chi connectivity index (χ3v) is 4.91. The Balaban J connectivity index is 2.20. The highest BCUT2D eigenvalue weighted by atomic mass is 32.2. The third-order valence-electron chi connectivity index (χ3n) is 2.65. The molecule has 0 aliphatic carbocycles. The minimum Gasteiger partial charge on any atom is -0.375 e. The molecule has 3 N–H and O–H groups in total. The molecule has 0 unspecified atom stereocenters. The van der Waals surface area contributed by atoms with Crippen molar-refractivity contribution in [2.75, 3.05) is 5.73 Å². The van der Waals surface area contributed by atoms with Gasteiger partial charge in [-0.2, -0.15) is 0 Å². The molecule has 0 saturated carbocycles. The number of nitrogens with two attached hydrogens (primary N) is 1. The van der Waals surface area contributed by atoms with E-state index in [1.165, 1.54) is 11.3 Å². The standard InChI is InChI=1S/C12H15N3O2S2/c1-8-3-4-9(2)11(5-8)19(16,17)14-6-10-7-18-12(13)15-10/h3-5,7,14H,6H2,1-2H3,(H2,13,15). The summed E-state index contributed by atoms with van der Waals surface area (Å²) in [7, 11) is -3.53. The maximum atomic E-state index is 12.2. The van der Waals surface area contributed by atoms with Crippen molar-refractivity contribution in [1.29, 1.82) is 0 Å². The summed E-state index contributed by atoms with van der Waals surface area (Å²) in [6.07, 6.45) is 0. The number of aromatic nitrogens is 1. The number of sulfonamides is 1. The maximum absolute atomic E-state index is 12.2. The van der Waals surface area contributed by atoms with Crippen molar-refractivity contribution < 1.29 is 8.42 Å². The van der Waals surface area contributed by atoms with Gasteiger partial charge in [0, 0.05) is 5.38 Å². The van der Waals surface area contributed by atoms with Gasteiger partial charge in [-0.3, -0.25) is 0 Å². The molecule has 0 saturated heterocycles. The lowest BCUT2D eigenvalue weighted by molar-refractivity contribution is 0.580. The molecule has 19 heavy (non-hydrogen) atoms. The fourth-order valence-electron chi connectivity index (χ4n) is 1.65. The molecule has 1 aromatic carbocycles. The highest BCUT2D eigenvalue weighted by molar-refractivity contribution is 7.89. The fraction of sp³-hybridized carbons (Fsp3) is 0.250. The van der Waals surface area contributed by atoms with Crippen molar-refractivity contribution in [3.05, 3.63) is 40.4 Å². The van der Waals surface area contributed by atoms with E-state index in [1.807, 2.05) is 13.0 Å². The van der Waals surface area contributed by atoms with Crippen LogP contribution in [0.5, 0.6) is 0 Å². The van der Waals surface area contributed by atoms with Crippen LogP contribution in [0.15, 0.2) is 28.5 Å². The van der Waals surface area contributed by atoms with E-state index in [0.29, 0.717) is 15.7 Å². The van der Waals surface area contributed by atoms with Gasteiger partial charge >= 0.3 is 0 Å². The van der Waals surface area contributed by atoms with Crippen LogP contribution in [-0.4, -0.2) is 13.4 Å². The summed E-state index contributed by atoms with van der Waals surface area (Å²) in [5.41, 5.74) is 7.75. The lowest BCUT2D eigenvalue weighted by Gasteiger charge is -2.09. The molecular weight excluding hydrogens is 282 g/mol. The van der Waals surface area contributed by atoms with Crippen LogP contribution in [0.2, 0.25) is 0 Å². The van der Waals surface area contributed by atoms with Gasteiger partial charge in [0.05, 0.1) is 17.1 Å². The molecular formula is C12H15N3O2S2. The lowest BCUT2D eigenvalue weighted by atomic mass is 10.2. The second kappa shape index (κ2) is 5.28. The summed E-state index contributed by atoms with van der Waals surface area (Å²) in [5, 5.41) is 2.17. The zero-order chi connectivity index (χ0) is 14.0. The van der Waals surface area contributed by atoms with Crippen LogP contribution in [0.1, 0.15) is 16.8 Å². The zero-order valence-corrected chi connectivity index (χ0v) is 12.3.